The van der Waals surface area contributed by atoms with Gasteiger partial charge in [-0.2, -0.15) is 0 Å². The first-order valence-electron chi connectivity index (χ1n) is 7.08. The Balaban J connectivity index is 2.07. The molecule has 20 heavy (non-hydrogen) atoms. The second-order valence-electron chi connectivity index (χ2n) is 5.60. The average Bonchev–Trinajstić information content (AvgIpc) is 2.46. The van der Waals surface area contributed by atoms with E-state index < -0.39 is 11.4 Å². The highest BCUT2D eigenvalue weighted by atomic mass is 16.4. The Morgan fingerprint density at radius 3 is 2.45 bits per heavy atom. The number of amides is 1. The van der Waals surface area contributed by atoms with E-state index in [4.69, 9.17) is 0 Å². The minimum atomic E-state index is -0.734. The van der Waals surface area contributed by atoms with Crippen LogP contribution >= 0.6 is 0 Å². The van der Waals surface area contributed by atoms with Crippen LogP contribution in [0.2, 0.25) is 0 Å². The molecule has 0 aromatic heterocycles. The quantitative estimate of drug-likeness (QED) is 0.922. The van der Waals surface area contributed by atoms with Crippen LogP contribution in [0.3, 0.4) is 0 Å². The summed E-state index contributed by atoms with van der Waals surface area (Å²) in [4.78, 5) is 25.6. The highest BCUT2D eigenvalue weighted by Gasteiger charge is 2.40. The van der Waals surface area contributed by atoms with E-state index in [1.807, 2.05) is 38.1 Å². The molecule has 0 spiro atoms. The summed E-state index contributed by atoms with van der Waals surface area (Å²) in [6.07, 6.45) is 1.70. The van der Waals surface area contributed by atoms with Crippen molar-refractivity contribution in [1.82, 2.24) is 4.90 Å². The third kappa shape index (κ3) is 2.69. The summed E-state index contributed by atoms with van der Waals surface area (Å²) in [6, 6.07) is 7.52. The normalized spacial score (nSPS) is 17.8. The molecule has 0 unspecified atom stereocenters. The number of benzene rings is 1. The van der Waals surface area contributed by atoms with Gasteiger partial charge in [-0.05, 0) is 38.3 Å². The second kappa shape index (κ2) is 5.65. The van der Waals surface area contributed by atoms with Gasteiger partial charge >= 0.3 is 5.97 Å². The first-order valence-corrected chi connectivity index (χ1v) is 7.08. The van der Waals surface area contributed by atoms with Crippen LogP contribution < -0.4 is 0 Å². The number of carboxylic acid groups (broad SMARTS) is 1. The maximum absolute atomic E-state index is 12.4. The zero-order chi connectivity index (χ0) is 14.8. The first kappa shape index (κ1) is 14.6. The van der Waals surface area contributed by atoms with E-state index in [0.717, 1.165) is 5.56 Å². The van der Waals surface area contributed by atoms with Gasteiger partial charge in [0, 0.05) is 18.7 Å². The number of piperidine rings is 1. The molecule has 2 rings (SSSR count). The molecule has 0 atom stereocenters. The summed E-state index contributed by atoms with van der Waals surface area (Å²) >= 11 is 0. The Morgan fingerprint density at radius 1 is 1.30 bits per heavy atom. The van der Waals surface area contributed by atoms with Crippen LogP contribution in [0.4, 0.5) is 0 Å². The third-order valence-corrected chi connectivity index (χ3v) is 4.40. The number of rotatable bonds is 3. The van der Waals surface area contributed by atoms with Crippen LogP contribution in [0.5, 0.6) is 0 Å². The van der Waals surface area contributed by atoms with Crippen molar-refractivity contribution in [3.8, 4) is 0 Å². The molecule has 0 bridgehead atoms. The Bertz CT molecular complexity index is 516. The molecule has 1 amide bonds. The van der Waals surface area contributed by atoms with E-state index >= 15 is 0 Å². The molecule has 108 valence electrons. The van der Waals surface area contributed by atoms with Crippen molar-refractivity contribution in [2.45, 2.75) is 33.1 Å². The van der Waals surface area contributed by atoms with Crippen LogP contribution in [0.15, 0.2) is 24.3 Å². The van der Waals surface area contributed by atoms with Crippen LogP contribution in [0.25, 0.3) is 0 Å². The number of carbonyl (C=O) groups excluding carboxylic acids is 1. The standard InChI is InChI=1S/C16H21NO3/c1-3-16(15(19)20)7-9-17(10-8-16)14(18)13-6-4-5-12(2)11-13/h4-6,11H,3,7-10H2,1-2H3,(H,19,20). The van der Waals surface area contributed by atoms with Crippen molar-refractivity contribution in [3.63, 3.8) is 0 Å². The molecule has 4 heteroatoms. The lowest BCUT2D eigenvalue weighted by Gasteiger charge is -2.38. The van der Waals surface area contributed by atoms with Crippen LogP contribution in [0.1, 0.15) is 42.1 Å². The third-order valence-electron chi connectivity index (χ3n) is 4.40. The maximum atomic E-state index is 12.4. The number of carboxylic acids is 1. The number of aryl methyl sites for hydroxylation is 1. The summed E-state index contributed by atoms with van der Waals surface area (Å²) in [6.45, 7) is 4.91. The molecule has 1 fully saturated rings. The predicted molar refractivity (Wildman–Crippen MR) is 76.7 cm³/mol. The Hall–Kier alpha value is -1.84. The summed E-state index contributed by atoms with van der Waals surface area (Å²) in [5, 5.41) is 9.36. The van der Waals surface area contributed by atoms with Gasteiger partial charge in [0.25, 0.3) is 5.91 Å². The molecule has 0 aliphatic carbocycles. The smallest absolute Gasteiger partial charge is 0.309 e. The Labute approximate surface area is 119 Å². The lowest BCUT2D eigenvalue weighted by molar-refractivity contribution is -0.152. The molecule has 0 radical (unpaired) electrons. The van der Waals surface area contributed by atoms with Gasteiger partial charge in [-0.3, -0.25) is 9.59 Å². The van der Waals surface area contributed by atoms with Crippen LogP contribution in [-0.2, 0) is 4.79 Å². The van der Waals surface area contributed by atoms with E-state index in [2.05, 4.69) is 0 Å². The lowest BCUT2D eigenvalue weighted by atomic mass is 9.76. The Morgan fingerprint density at radius 2 is 1.95 bits per heavy atom. The molecule has 1 saturated heterocycles. The van der Waals surface area contributed by atoms with E-state index in [0.29, 0.717) is 37.9 Å². The van der Waals surface area contributed by atoms with Crippen LogP contribution in [0, 0.1) is 12.3 Å². The van der Waals surface area contributed by atoms with Crippen molar-refractivity contribution in [3.05, 3.63) is 35.4 Å². The van der Waals surface area contributed by atoms with Gasteiger partial charge in [0.05, 0.1) is 5.41 Å². The summed E-state index contributed by atoms with van der Waals surface area (Å²) in [7, 11) is 0. The SMILES string of the molecule is CCC1(C(=O)O)CCN(C(=O)c2cccc(C)c2)CC1. The highest BCUT2D eigenvalue weighted by molar-refractivity contribution is 5.94. The van der Waals surface area contributed by atoms with Crippen molar-refractivity contribution >= 4 is 11.9 Å². The van der Waals surface area contributed by atoms with Gasteiger partial charge in [0.2, 0.25) is 0 Å². The number of likely N-dealkylation sites (tertiary alicyclic amines) is 1. The molecular weight excluding hydrogens is 254 g/mol. The topological polar surface area (TPSA) is 57.6 Å². The van der Waals surface area contributed by atoms with Crippen molar-refractivity contribution in [2.24, 2.45) is 5.41 Å². The van der Waals surface area contributed by atoms with E-state index in [1.54, 1.807) is 4.90 Å². The second-order valence-corrected chi connectivity index (χ2v) is 5.60. The van der Waals surface area contributed by atoms with Gasteiger partial charge in [0.1, 0.15) is 0 Å². The zero-order valence-electron chi connectivity index (χ0n) is 12.1. The molecule has 1 aliphatic heterocycles. The summed E-state index contributed by atoms with van der Waals surface area (Å²) in [5.74, 6) is -0.730. The molecule has 1 aliphatic rings. The first-order chi connectivity index (χ1) is 9.48. The minimum absolute atomic E-state index is 0.00351. The maximum Gasteiger partial charge on any atom is 0.309 e. The van der Waals surface area contributed by atoms with Gasteiger partial charge < -0.3 is 10.0 Å². The van der Waals surface area contributed by atoms with Crippen LogP contribution in [-0.4, -0.2) is 35.0 Å². The van der Waals surface area contributed by atoms with Gasteiger partial charge in [0.15, 0.2) is 0 Å². The number of carbonyl (C=O) groups is 2. The zero-order valence-corrected chi connectivity index (χ0v) is 12.1. The lowest BCUT2D eigenvalue weighted by Crippen LogP contribution is -2.46. The van der Waals surface area contributed by atoms with E-state index in [-0.39, 0.29) is 5.91 Å². The number of aliphatic carboxylic acids is 1. The molecule has 1 aromatic rings. The van der Waals surface area contributed by atoms with E-state index in [9.17, 15) is 14.7 Å². The Kier molecular flexibility index (Phi) is 4.12. The summed E-state index contributed by atoms with van der Waals surface area (Å²) < 4.78 is 0. The monoisotopic (exact) mass is 275 g/mol. The predicted octanol–water partition coefficient (Wildman–Crippen LogP) is 2.71. The molecule has 0 saturated carbocycles. The van der Waals surface area contributed by atoms with Gasteiger partial charge in [-0.1, -0.05) is 24.6 Å². The van der Waals surface area contributed by atoms with E-state index in [1.165, 1.54) is 0 Å². The number of hydrogen-bond donors (Lipinski definition) is 1. The van der Waals surface area contributed by atoms with Gasteiger partial charge in [-0.25, -0.2) is 0 Å². The van der Waals surface area contributed by atoms with Crippen molar-refractivity contribution in [1.29, 1.82) is 0 Å². The fraction of sp³-hybridized carbons (Fsp3) is 0.500. The minimum Gasteiger partial charge on any atom is -0.481 e. The van der Waals surface area contributed by atoms with Crippen molar-refractivity contribution < 1.29 is 14.7 Å². The fourth-order valence-electron chi connectivity index (χ4n) is 2.82. The molecule has 1 heterocycles. The largest absolute Gasteiger partial charge is 0.481 e. The molecule has 1 N–H and O–H groups in total. The molecular formula is C16H21NO3. The molecule has 1 aromatic carbocycles. The highest BCUT2D eigenvalue weighted by Crippen LogP contribution is 2.35. The summed E-state index contributed by atoms with van der Waals surface area (Å²) in [5.41, 5.74) is 1.09. The number of nitrogens with zero attached hydrogens (tertiary/aromatic N) is 1. The van der Waals surface area contributed by atoms with Gasteiger partial charge in [-0.15, -0.1) is 0 Å². The average molecular weight is 275 g/mol. The molecule has 4 nitrogen and oxygen atoms in total. The number of hydrogen-bond acceptors (Lipinski definition) is 2. The van der Waals surface area contributed by atoms with Crippen molar-refractivity contribution in [2.75, 3.05) is 13.1 Å². The fourth-order valence-corrected chi connectivity index (χ4v) is 2.82.